The molecule has 0 saturated carbocycles. The van der Waals surface area contributed by atoms with E-state index >= 15 is 0 Å². The molecule has 0 aliphatic heterocycles. The van der Waals surface area contributed by atoms with Gasteiger partial charge >= 0.3 is 0 Å². The number of rotatable bonds is 8. The maximum atomic E-state index is 9.48. The third-order valence-electron chi connectivity index (χ3n) is 10.8. The predicted octanol–water partition coefficient (Wildman–Crippen LogP) is 12.1. The number of hydrogen-bond donors (Lipinski definition) is 12. The second kappa shape index (κ2) is 32.4. The lowest BCUT2D eigenvalue weighted by Gasteiger charge is -2.06. The number of benzene rings is 7. The first-order chi connectivity index (χ1) is 36.6. The van der Waals surface area contributed by atoms with Crippen LogP contribution in [0.4, 0.5) is 0 Å². The van der Waals surface area contributed by atoms with E-state index in [4.69, 9.17) is 57.8 Å². The van der Waals surface area contributed by atoms with E-state index in [-0.39, 0.29) is 33.8 Å². The summed E-state index contributed by atoms with van der Waals surface area (Å²) in [5.41, 5.74) is 11.1. The van der Waals surface area contributed by atoms with Crippen molar-refractivity contribution in [3.8, 4) is 40.2 Å². The number of aryl methyl sites for hydroxylation is 4. The number of methoxy groups -OCH3 is 1. The largest absolute Gasteiger partial charge is 0.508 e. The topological polar surface area (TPSA) is 326 Å². The van der Waals surface area contributed by atoms with E-state index in [9.17, 15) is 20.4 Å². The van der Waals surface area contributed by atoms with Crippen LogP contribution in [0, 0.1) is 27.7 Å². The van der Waals surface area contributed by atoms with Crippen LogP contribution in [0.1, 0.15) is 88.9 Å². The van der Waals surface area contributed by atoms with E-state index < -0.39 is 0 Å². The van der Waals surface area contributed by atoms with Crippen LogP contribution in [0.3, 0.4) is 0 Å². The molecule has 0 fully saturated rings. The summed E-state index contributed by atoms with van der Waals surface area (Å²) in [5.74, 6) is 1.44. The highest BCUT2D eigenvalue weighted by molar-refractivity contribution is 6.32. The molecule has 0 aliphatic rings. The number of phenols is 6. The van der Waals surface area contributed by atoms with E-state index in [1.54, 1.807) is 133 Å². The normalized spacial score (nSPS) is 11.4. The maximum absolute atomic E-state index is 9.48. The number of aromatic hydroxyl groups is 6. The van der Waals surface area contributed by atoms with Gasteiger partial charge in [0.1, 0.15) is 34.5 Å². The smallest absolute Gasteiger partial charge is 0.161 e. The van der Waals surface area contributed by atoms with Crippen LogP contribution in [-0.2, 0) is 0 Å². The molecule has 0 amide bonds. The summed E-state index contributed by atoms with van der Waals surface area (Å²) in [4.78, 5) is 0. The van der Waals surface area contributed by atoms with Gasteiger partial charge in [0.05, 0.1) is 41.2 Å². The average molecular weight is 1080 g/mol. The fourth-order valence-corrected chi connectivity index (χ4v) is 6.42. The van der Waals surface area contributed by atoms with Crippen LogP contribution in [0.2, 0.25) is 5.02 Å². The molecule has 0 unspecified atom stereocenters. The van der Waals surface area contributed by atoms with Crippen LogP contribution in [0.15, 0.2) is 170 Å². The van der Waals surface area contributed by atoms with Crippen molar-refractivity contribution < 1.29 is 66.6 Å². The van der Waals surface area contributed by atoms with Crippen LogP contribution < -0.4 is 4.74 Å². The highest BCUT2D eigenvalue weighted by Crippen LogP contribution is 2.27. The van der Waals surface area contributed by atoms with Gasteiger partial charge in [0.2, 0.25) is 0 Å². The Labute approximate surface area is 450 Å². The summed E-state index contributed by atoms with van der Waals surface area (Å²) in [6, 6.07) is 38.9. The molecular formula is C57H63ClN6O13. The Morgan fingerprint density at radius 1 is 0.416 bits per heavy atom. The maximum Gasteiger partial charge on any atom is 0.161 e. The van der Waals surface area contributed by atoms with E-state index in [1.807, 2.05) is 44.2 Å². The quantitative estimate of drug-likeness (QED) is 0.0383. The third kappa shape index (κ3) is 20.6. The summed E-state index contributed by atoms with van der Waals surface area (Å²) in [7, 11) is 1.46. The number of oxime groups is 6. The van der Waals surface area contributed by atoms with Crippen molar-refractivity contribution in [2.75, 3.05) is 7.11 Å². The zero-order valence-corrected chi connectivity index (χ0v) is 44.4. The highest BCUT2D eigenvalue weighted by Gasteiger charge is 2.10. The molecule has 0 spiro atoms. The van der Waals surface area contributed by atoms with Crippen molar-refractivity contribution in [2.24, 2.45) is 30.9 Å². The number of ether oxygens (including phenoxy) is 1. The van der Waals surface area contributed by atoms with Gasteiger partial charge in [0.25, 0.3) is 0 Å². The Balaban J connectivity index is 0.000000318. The number of nitrogens with zero attached hydrogens (tertiary/aromatic N) is 6. The molecule has 19 nitrogen and oxygen atoms in total. The van der Waals surface area contributed by atoms with E-state index in [0.717, 1.165) is 50.1 Å². The number of halogens is 1. The zero-order valence-electron chi connectivity index (χ0n) is 43.7. The SMILES string of the molecule is C/C(=N/O)c1cc(C)c(O)c(C)c1.C/C(=N/O)c1ccc(O)c(C)c1.C/C(=N/O)c1ccc(O)cc1.COc1cc(/C(C)=N\O)ccc1O.Cc1cc(/C(=N\O)c2ccccc2)ccc1O.O/N=C\c1ccc(O)c(Cl)c1. The minimum Gasteiger partial charge on any atom is -0.508 e. The Bertz CT molecular complexity index is 3180. The molecule has 0 atom stereocenters. The monoisotopic (exact) mass is 1070 g/mol. The molecule has 0 heterocycles. The van der Waals surface area contributed by atoms with Crippen molar-refractivity contribution >= 4 is 46.4 Å². The molecule has 7 aromatic rings. The van der Waals surface area contributed by atoms with Gasteiger partial charge in [-0.2, -0.15) is 0 Å². The van der Waals surface area contributed by atoms with Crippen molar-refractivity contribution in [1.29, 1.82) is 0 Å². The van der Waals surface area contributed by atoms with E-state index in [1.165, 1.54) is 31.5 Å². The average Bonchev–Trinajstić information content (AvgIpc) is 3.43. The van der Waals surface area contributed by atoms with Crippen molar-refractivity contribution in [2.45, 2.75) is 55.4 Å². The van der Waals surface area contributed by atoms with Gasteiger partial charge in [-0.25, -0.2) is 0 Å². The Kier molecular flexibility index (Phi) is 26.7. The molecule has 20 heteroatoms. The van der Waals surface area contributed by atoms with Crippen LogP contribution in [0.5, 0.6) is 40.2 Å². The van der Waals surface area contributed by atoms with Crippen molar-refractivity contribution in [3.63, 3.8) is 0 Å². The van der Waals surface area contributed by atoms with Gasteiger partial charge in [-0.05, 0) is 209 Å². The molecule has 0 bridgehead atoms. The van der Waals surface area contributed by atoms with Gasteiger partial charge in [0, 0.05) is 16.7 Å². The molecule has 0 radical (unpaired) electrons. The molecule has 7 rings (SSSR count). The summed E-state index contributed by atoms with van der Waals surface area (Å²) in [5, 5.41) is 125. The zero-order chi connectivity index (χ0) is 57.8. The molecule has 0 aliphatic carbocycles. The summed E-state index contributed by atoms with van der Waals surface area (Å²) in [6.45, 7) is 14.0. The van der Waals surface area contributed by atoms with Crippen LogP contribution in [-0.4, -0.2) is 104 Å². The second-order valence-electron chi connectivity index (χ2n) is 16.4. The molecule has 7 aromatic carbocycles. The fraction of sp³-hybridized carbons (Fsp3) is 0.158. The summed E-state index contributed by atoms with van der Waals surface area (Å²) >= 11 is 5.56. The van der Waals surface area contributed by atoms with Gasteiger partial charge in [-0.3, -0.25) is 0 Å². The lowest BCUT2D eigenvalue weighted by molar-refractivity contribution is 0.319. The van der Waals surface area contributed by atoms with Gasteiger partial charge < -0.3 is 66.6 Å². The summed E-state index contributed by atoms with van der Waals surface area (Å²) in [6.07, 6.45) is 1.23. The standard InChI is InChI=1S/C14H13NO2.C10H13NO2.C9H11NO3.C9H11NO2.C8H9NO2.C7H6ClNO2/c1-10-9-12(7-8-13(10)16)14(15-17)11-5-3-2-4-6-11;1-6-4-9(8(3)11-13)5-7(2)10(6)12;1-6(10-12)7-3-4-8(11)9(5-7)13-2;1-6-5-8(7(2)10-12)3-4-9(6)11;1-6(9-11)7-2-4-8(10)5-3-7;8-6-3-5(4-9-11)1-2-7(6)10/h2-9,16-17H,1H3;4-5,12-13H,1-3H3;3-5,11-12H,1-2H3;3-5,11-12H,1-2H3;2-5,10-11H,1H3;1-4,10-11H/b15-14-;11-8-;10-6-;10-7-;9-6-;9-4-. The van der Waals surface area contributed by atoms with Gasteiger partial charge in [-0.15, -0.1) is 0 Å². The molecule has 0 saturated heterocycles. The van der Waals surface area contributed by atoms with Crippen LogP contribution in [0.25, 0.3) is 0 Å². The van der Waals surface area contributed by atoms with Gasteiger partial charge in [-0.1, -0.05) is 72.9 Å². The highest BCUT2D eigenvalue weighted by atomic mass is 35.5. The molecular weight excluding hydrogens is 1010 g/mol. The van der Waals surface area contributed by atoms with Crippen LogP contribution >= 0.6 is 11.6 Å². The fourth-order valence-electron chi connectivity index (χ4n) is 6.23. The number of hydrogen-bond acceptors (Lipinski definition) is 19. The Hall–Kier alpha value is -9.75. The van der Waals surface area contributed by atoms with Gasteiger partial charge in [0.15, 0.2) is 11.5 Å². The minimum absolute atomic E-state index is 0.0155. The first-order valence-electron chi connectivity index (χ1n) is 22.8. The van der Waals surface area contributed by atoms with E-state index in [2.05, 4.69) is 30.9 Å². The predicted molar refractivity (Wildman–Crippen MR) is 298 cm³/mol. The first kappa shape index (κ1) is 63.4. The molecule has 0 aromatic heterocycles. The Morgan fingerprint density at radius 2 is 0.831 bits per heavy atom. The molecule has 77 heavy (non-hydrogen) atoms. The first-order valence-corrected chi connectivity index (χ1v) is 23.2. The number of phenolic OH excluding ortho intramolecular Hbond substituents is 6. The minimum atomic E-state index is 0.0155. The second-order valence-corrected chi connectivity index (χ2v) is 16.8. The molecule has 12 N–H and O–H groups in total. The third-order valence-corrected chi connectivity index (χ3v) is 11.1. The molecule has 406 valence electrons. The Morgan fingerprint density at radius 3 is 1.29 bits per heavy atom. The van der Waals surface area contributed by atoms with E-state index in [0.29, 0.717) is 51.2 Å². The summed E-state index contributed by atoms with van der Waals surface area (Å²) < 4.78 is 4.89. The van der Waals surface area contributed by atoms with Crippen molar-refractivity contribution in [3.05, 3.63) is 206 Å². The van der Waals surface area contributed by atoms with Crippen molar-refractivity contribution in [1.82, 2.24) is 0 Å². The lowest BCUT2D eigenvalue weighted by Crippen LogP contribution is -2.03. The lowest BCUT2D eigenvalue weighted by atomic mass is 10.0.